The van der Waals surface area contributed by atoms with Crippen molar-refractivity contribution in [3.63, 3.8) is 0 Å². The van der Waals surface area contributed by atoms with Crippen LogP contribution in [-0.4, -0.2) is 0 Å². The van der Waals surface area contributed by atoms with Crippen molar-refractivity contribution in [1.82, 2.24) is 0 Å². The Morgan fingerprint density at radius 3 is 1.15 bits per heavy atom. The van der Waals surface area contributed by atoms with E-state index in [-0.39, 0.29) is 38.2 Å². The molecule has 2 aromatic rings. The van der Waals surface area contributed by atoms with Crippen LogP contribution in [0.3, 0.4) is 0 Å². The van der Waals surface area contributed by atoms with E-state index in [4.69, 9.17) is 0 Å². The Bertz CT molecular complexity index is 463. The van der Waals surface area contributed by atoms with Gasteiger partial charge in [-0.15, -0.1) is 0 Å². The molecule has 0 radical (unpaired) electrons. The molecule has 0 nitrogen and oxygen atoms in total. The molecule has 108 valence electrons. The first-order chi connectivity index (χ1) is 9.06. The molecule has 0 spiro atoms. The third-order valence-electron chi connectivity index (χ3n) is 3.29. The van der Waals surface area contributed by atoms with Gasteiger partial charge in [-0.3, -0.25) is 0 Å². The third-order valence-corrected chi connectivity index (χ3v) is 5.98. The van der Waals surface area contributed by atoms with Crippen LogP contribution in [0.4, 0.5) is 0 Å². The predicted molar refractivity (Wildman–Crippen MR) is 78.5 cm³/mol. The summed E-state index contributed by atoms with van der Waals surface area (Å²) in [5, 5.41) is 0. The van der Waals surface area contributed by atoms with Gasteiger partial charge in [0.1, 0.15) is 0 Å². The van der Waals surface area contributed by atoms with Gasteiger partial charge in [0.2, 0.25) is 0 Å². The summed E-state index contributed by atoms with van der Waals surface area (Å²) in [5.41, 5.74) is 2.87. The second kappa shape index (κ2) is 8.18. The molecule has 0 aromatic heterocycles. The molecule has 0 unspecified atom stereocenters. The lowest BCUT2D eigenvalue weighted by atomic mass is 10.0. The average Bonchev–Trinajstić information content (AvgIpc) is 2.40. The maximum Gasteiger partial charge on any atom is 0.357 e. The molecule has 0 atom stereocenters. The first-order valence-corrected chi connectivity index (χ1v) is 9.06. The number of benzene rings is 2. The van der Waals surface area contributed by atoms with E-state index >= 15 is 0 Å². The van der Waals surface area contributed by atoms with Crippen LogP contribution in [0.25, 0.3) is 0 Å². The SMILES string of the molecule is CC(C)c1ccc([I+]c2ccc(C(C)C)cc2)cc1.[Br-]. The standard InChI is InChI=1S/C18H22I.BrH/c1-13(2)15-5-9-17(10-6-15)19-18-11-7-16(8-12-18)14(3)4;/h5-14H,1-4H3;1H/q+1;/p-1. The lowest BCUT2D eigenvalue weighted by molar-refractivity contribution is -0.597. The minimum Gasteiger partial charge on any atom is -1.00 e. The molecule has 0 aliphatic rings. The highest BCUT2D eigenvalue weighted by atomic mass is 127. The molecule has 0 aliphatic heterocycles. The van der Waals surface area contributed by atoms with Crippen LogP contribution >= 0.6 is 0 Å². The van der Waals surface area contributed by atoms with Gasteiger partial charge < -0.3 is 17.0 Å². The van der Waals surface area contributed by atoms with Crippen molar-refractivity contribution in [1.29, 1.82) is 0 Å². The molecule has 0 aliphatic carbocycles. The van der Waals surface area contributed by atoms with E-state index in [1.165, 1.54) is 18.3 Å². The number of hydrogen-bond acceptors (Lipinski definition) is 0. The van der Waals surface area contributed by atoms with Crippen molar-refractivity contribution in [3.8, 4) is 0 Å². The molecular weight excluding hydrogens is 423 g/mol. The van der Waals surface area contributed by atoms with Crippen molar-refractivity contribution < 1.29 is 38.2 Å². The summed E-state index contributed by atoms with van der Waals surface area (Å²) in [5.74, 6) is 1.25. The topological polar surface area (TPSA) is 0 Å². The molecule has 20 heavy (non-hydrogen) atoms. The van der Waals surface area contributed by atoms with E-state index in [1.807, 2.05) is 0 Å². The molecule has 0 saturated carbocycles. The highest BCUT2D eigenvalue weighted by Gasteiger charge is 2.15. The molecule has 0 bridgehead atoms. The van der Waals surface area contributed by atoms with Gasteiger partial charge >= 0.3 is 21.2 Å². The highest BCUT2D eigenvalue weighted by molar-refractivity contribution is 5.19. The molecule has 0 amide bonds. The zero-order valence-corrected chi connectivity index (χ0v) is 16.3. The number of rotatable bonds is 4. The largest absolute Gasteiger partial charge is 1.00 e. The van der Waals surface area contributed by atoms with Crippen molar-refractivity contribution >= 4 is 0 Å². The van der Waals surface area contributed by atoms with Crippen molar-refractivity contribution in [2.24, 2.45) is 0 Å². The van der Waals surface area contributed by atoms with E-state index in [1.54, 1.807) is 0 Å². The third kappa shape index (κ3) is 4.88. The average molecular weight is 445 g/mol. The summed E-state index contributed by atoms with van der Waals surface area (Å²) in [6, 6.07) is 18.3. The van der Waals surface area contributed by atoms with E-state index < -0.39 is 0 Å². The lowest BCUT2D eigenvalue weighted by Crippen LogP contribution is -3.61. The van der Waals surface area contributed by atoms with E-state index in [2.05, 4.69) is 76.2 Å². The van der Waals surface area contributed by atoms with E-state index in [9.17, 15) is 0 Å². The fourth-order valence-electron chi connectivity index (χ4n) is 1.95. The lowest BCUT2D eigenvalue weighted by Gasteiger charge is -2.03. The van der Waals surface area contributed by atoms with Gasteiger partial charge in [0.15, 0.2) is 7.14 Å². The van der Waals surface area contributed by atoms with Crippen LogP contribution in [-0.2, 0) is 0 Å². The first kappa shape index (κ1) is 17.7. The summed E-state index contributed by atoms with van der Waals surface area (Å²) < 4.78 is 3.00. The molecule has 2 heteroatoms. The molecule has 0 saturated heterocycles. The molecule has 2 rings (SSSR count). The molecule has 0 heterocycles. The maximum absolute atomic E-state index is 2.30. The summed E-state index contributed by atoms with van der Waals surface area (Å²) in [6.45, 7) is 8.98. The minimum absolute atomic E-state index is 0. The zero-order valence-electron chi connectivity index (χ0n) is 12.5. The Morgan fingerprint density at radius 2 is 0.900 bits per heavy atom. The van der Waals surface area contributed by atoms with Gasteiger partial charge in [-0.25, -0.2) is 0 Å². The fraction of sp³-hybridized carbons (Fsp3) is 0.333. The van der Waals surface area contributed by atoms with Crippen LogP contribution in [0.1, 0.15) is 50.7 Å². The Balaban J connectivity index is 0.00000200. The van der Waals surface area contributed by atoms with Gasteiger partial charge in [0.05, 0.1) is 0 Å². The minimum atomic E-state index is -0.0366. The van der Waals surface area contributed by atoms with Gasteiger partial charge in [0, 0.05) is 0 Å². The molecule has 0 N–H and O–H groups in total. The Labute approximate surface area is 144 Å². The van der Waals surface area contributed by atoms with Crippen LogP contribution in [0.5, 0.6) is 0 Å². The van der Waals surface area contributed by atoms with Crippen LogP contribution in [0, 0.1) is 7.14 Å². The quantitative estimate of drug-likeness (QED) is 0.534. The molecule has 0 fully saturated rings. The summed E-state index contributed by atoms with van der Waals surface area (Å²) in [7, 11) is 0. The van der Waals surface area contributed by atoms with E-state index in [0.717, 1.165) is 0 Å². The Hall–Kier alpha value is -0.350. The smallest absolute Gasteiger partial charge is 0.357 e. The summed E-state index contributed by atoms with van der Waals surface area (Å²) in [4.78, 5) is 0. The highest BCUT2D eigenvalue weighted by Crippen LogP contribution is 2.13. The van der Waals surface area contributed by atoms with Crippen LogP contribution in [0.2, 0.25) is 0 Å². The van der Waals surface area contributed by atoms with Crippen molar-refractivity contribution in [2.75, 3.05) is 0 Å². The normalized spacial score (nSPS) is 10.7. The fourth-order valence-corrected chi connectivity index (χ4v) is 4.10. The number of halogens is 2. The summed E-state index contributed by atoms with van der Waals surface area (Å²) in [6.07, 6.45) is 0. The summed E-state index contributed by atoms with van der Waals surface area (Å²) >= 11 is -0.0366. The van der Waals surface area contributed by atoms with Gasteiger partial charge in [0.25, 0.3) is 0 Å². The van der Waals surface area contributed by atoms with E-state index in [0.29, 0.717) is 11.8 Å². The molecule has 2 aromatic carbocycles. The Morgan fingerprint density at radius 1 is 0.600 bits per heavy atom. The van der Waals surface area contributed by atoms with Crippen LogP contribution < -0.4 is 38.2 Å². The van der Waals surface area contributed by atoms with Crippen LogP contribution in [0.15, 0.2) is 48.5 Å². The zero-order chi connectivity index (χ0) is 13.8. The number of hydrogen-bond donors (Lipinski definition) is 0. The van der Waals surface area contributed by atoms with Crippen molar-refractivity contribution in [2.45, 2.75) is 39.5 Å². The maximum atomic E-state index is 2.30. The van der Waals surface area contributed by atoms with Crippen molar-refractivity contribution in [3.05, 3.63) is 66.8 Å². The second-order valence-corrected chi connectivity index (χ2v) is 8.54. The first-order valence-electron chi connectivity index (χ1n) is 6.91. The second-order valence-electron chi connectivity index (χ2n) is 5.51. The van der Waals surface area contributed by atoms with Gasteiger partial charge in [-0.1, -0.05) is 52.0 Å². The Kier molecular flexibility index (Phi) is 7.24. The molecular formula is C18H22BrI. The van der Waals surface area contributed by atoms with Gasteiger partial charge in [-0.2, -0.15) is 0 Å². The monoisotopic (exact) mass is 444 g/mol. The predicted octanol–water partition coefficient (Wildman–Crippen LogP) is -0.934. The van der Waals surface area contributed by atoms with Gasteiger partial charge in [-0.05, 0) is 47.2 Å².